The summed E-state index contributed by atoms with van der Waals surface area (Å²) in [5.41, 5.74) is 10.0. The van der Waals surface area contributed by atoms with E-state index in [4.69, 9.17) is 4.98 Å². The molecule has 5 heteroatoms. The van der Waals surface area contributed by atoms with E-state index in [-0.39, 0.29) is 33.4 Å². The molecule has 0 spiro atoms. The SMILES string of the molecule is CC(C)(C)c1ccc(N(c2ccc(C(C)(C)C)cc2)c2cnc3c(c2)C(C)(C)c2cc(C=C4C(=O)c5ccccc5C4=O)sc2-3)cc1. The minimum Gasteiger partial charge on any atom is -0.309 e. The second-order valence-electron chi connectivity index (χ2n) is 15.3. The van der Waals surface area contributed by atoms with E-state index in [1.54, 1.807) is 41.7 Å². The van der Waals surface area contributed by atoms with Gasteiger partial charge in [-0.1, -0.05) is 104 Å². The minimum atomic E-state index is -0.314. The number of fused-ring (bicyclic) bond motifs is 4. The Morgan fingerprint density at radius 2 is 1.19 bits per heavy atom. The topological polar surface area (TPSA) is 50.3 Å². The number of ketones is 2. The van der Waals surface area contributed by atoms with Crippen LogP contribution in [-0.4, -0.2) is 16.6 Å². The van der Waals surface area contributed by atoms with Gasteiger partial charge in [0.15, 0.2) is 11.6 Å². The maximum absolute atomic E-state index is 13.1. The highest BCUT2D eigenvalue weighted by atomic mass is 32.1. The van der Waals surface area contributed by atoms with Crippen LogP contribution in [0.3, 0.4) is 0 Å². The Hall–Kier alpha value is -4.61. The summed E-state index contributed by atoms with van der Waals surface area (Å²) < 4.78 is 0. The van der Waals surface area contributed by atoms with Gasteiger partial charge in [0.1, 0.15) is 0 Å². The number of allylic oxidation sites excluding steroid dienone is 1. The van der Waals surface area contributed by atoms with E-state index in [1.807, 2.05) is 6.20 Å². The van der Waals surface area contributed by atoms with Gasteiger partial charge >= 0.3 is 0 Å². The number of thiophene rings is 1. The van der Waals surface area contributed by atoms with E-state index in [9.17, 15) is 9.59 Å². The van der Waals surface area contributed by atoms with Crippen molar-refractivity contribution in [2.24, 2.45) is 0 Å². The zero-order chi connectivity index (χ0) is 33.5. The maximum Gasteiger partial charge on any atom is 0.197 e. The molecule has 2 aliphatic carbocycles. The molecule has 236 valence electrons. The van der Waals surface area contributed by atoms with Crippen LogP contribution < -0.4 is 4.90 Å². The standard InChI is InChI=1S/C42H40N2O2S/c1-40(2,3)25-13-17-27(18-14-25)44(28-19-15-26(16-20-28)41(4,5)6)29-21-34-36(43-24-29)39-35(42(34,7)8)23-30(47-39)22-33-37(45)31-11-9-10-12-32(31)38(33)46/h9-24H,1-8H3. The van der Waals surface area contributed by atoms with Crippen molar-refractivity contribution < 1.29 is 9.59 Å². The van der Waals surface area contributed by atoms with Gasteiger partial charge in [0.05, 0.1) is 28.0 Å². The number of hydrogen-bond donors (Lipinski definition) is 0. The molecule has 0 saturated heterocycles. The first-order valence-corrected chi connectivity index (χ1v) is 17.0. The summed E-state index contributed by atoms with van der Waals surface area (Å²) >= 11 is 1.59. The smallest absolute Gasteiger partial charge is 0.197 e. The molecule has 0 radical (unpaired) electrons. The molecule has 2 aliphatic rings. The predicted octanol–water partition coefficient (Wildman–Crippen LogP) is 11.0. The number of rotatable bonds is 4. The van der Waals surface area contributed by atoms with Crippen LogP contribution in [0.15, 0.2) is 96.7 Å². The molecule has 5 aromatic rings. The minimum absolute atomic E-state index is 0.0609. The summed E-state index contributed by atoms with van der Waals surface area (Å²) in [6.07, 6.45) is 3.74. The second kappa shape index (κ2) is 10.7. The van der Waals surface area contributed by atoms with Crippen molar-refractivity contribution in [1.29, 1.82) is 0 Å². The Labute approximate surface area is 281 Å². The van der Waals surface area contributed by atoms with E-state index < -0.39 is 0 Å². The monoisotopic (exact) mass is 636 g/mol. The van der Waals surface area contributed by atoms with Gasteiger partial charge < -0.3 is 4.90 Å². The Kier molecular flexibility index (Phi) is 7.07. The largest absolute Gasteiger partial charge is 0.309 e. The normalized spacial score (nSPS) is 15.0. The summed E-state index contributed by atoms with van der Waals surface area (Å²) in [5, 5.41) is 0. The average Bonchev–Trinajstić information content (AvgIpc) is 3.63. The number of anilines is 3. The highest BCUT2D eigenvalue weighted by molar-refractivity contribution is 7.16. The Balaban J connectivity index is 1.29. The lowest BCUT2D eigenvalue weighted by Gasteiger charge is -2.29. The molecule has 0 amide bonds. The number of hydrogen-bond acceptors (Lipinski definition) is 5. The fourth-order valence-corrected chi connectivity index (χ4v) is 7.99. The lowest BCUT2D eigenvalue weighted by molar-refractivity contribution is 0.0990. The maximum atomic E-state index is 13.1. The molecule has 0 fully saturated rings. The van der Waals surface area contributed by atoms with Crippen molar-refractivity contribution in [3.05, 3.63) is 135 Å². The van der Waals surface area contributed by atoms with Crippen LogP contribution in [0.25, 0.3) is 16.6 Å². The van der Waals surface area contributed by atoms with Crippen molar-refractivity contribution in [1.82, 2.24) is 4.98 Å². The number of nitrogens with zero attached hydrogens (tertiary/aromatic N) is 2. The van der Waals surface area contributed by atoms with Gasteiger partial charge in [-0.25, -0.2) is 0 Å². The molecule has 0 atom stereocenters. The van der Waals surface area contributed by atoms with Crippen molar-refractivity contribution in [2.75, 3.05) is 4.90 Å². The van der Waals surface area contributed by atoms with Gasteiger partial charge in [-0.3, -0.25) is 14.6 Å². The number of pyridine rings is 1. The van der Waals surface area contributed by atoms with E-state index in [1.165, 1.54) is 22.3 Å². The van der Waals surface area contributed by atoms with E-state index in [2.05, 4.69) is 121 Å². The highest BCUT2D eigenvalue weighted by Crippen LogP contribution is 2.53. The van der Waals surface area contributed by atoms with Crippen LogP contribution >= 0.6 is 11.3 Å². The lowest BCUT2D eigenvalue weighted by Crippen LogP contribution is -2.17. The molecule has 0 unspecified atom stereocenters. The Morgan fingerprint density at radius 3 is 1.68 bits per heavy atom. The summed E-state index contributed by atoms with van der Waals surface area (Å²) in [6, 6.07) is 29.2. The molecule has 0 bridgehead atoms. The predicted molar refractivity (Wildman–Crippen MR) is 195 cm³/mol. The second-order valence-corrected chi connectivity index (χ2v) is 16.4. The molecule has 3 aromatic carbocycles. The number of carbonyl (C=O) groups is 2. The fourth-order valence-electron chi connectivity index (χ4n) is 6.71. The number of benzene rings is 3. The van der Waals surface area contributed by atoms with Gasteiger partial charge in [0.25, 0.3) is 0 Å². The average molecular weight is 637 g/mol. The molecule has 2 aromatic heterocycles. The molecule has 7 rings (SSSR count). The Bertz CT molecular complexity index is 2010. The molecule has 47 heavy (non-hydrogen) atoms. The third-order valence-corrected chi connectivity index (χ3v) is 10.7. The fraction of sp³-hybridized carbons (Fsp3) is 0.262. The van der Waals surface area contributed by atoms with Crippen molar-refractivity contribution in [3.8, 4) is 10.6 Å². The summed E-state index contributed by atoms with van der Waals surface area (Å²) in [4.78, 5) is 35.5. The summed E-state index contributed by atoms with van der Waals surface area (Å²) in [7, 11) is 0. The molecule has 2 heterocycles. The van der Waals surface area contributed by atoms with Crippen LogP contribution in [0, 0.1) is 0 Å². The van der Waals surface area contributed by atoms with Gasteiger partial charge in [0, 0.05) is 32.8 Å². The molecular weight excluding hydrogens is 597 g/mol. The summed E-state index contributed by atoms with van der Waals surface area (Å²) in [6.45, 7) is 17.9. The van der Waals surface area contributed by atoms with Crippen LogP contribution in [0.1, 0.15) is 103 Å². The molecule has 0 N–H and O–H groups in total. The van der Waals surface area contributed by atoms with Gasteiger partial charge in [-0.15, -0.1) is 11.3 Å². The van der Waals surface area contributed by atoms with Crippen molar-refractivity contribution in [3.63, 3.8) is 0 Å². The van der Waals surface area contributed by atoms with Crippen LogP contribution in [-0.2, 0) is 16.2 Å². The number of carbonyl (C=O) groups excluding carboxylic acids is 2. The molecule has 0 aliphatic heterocycles. The molecular formula is C42H40N2O2S. The number of aromatic nitrogens is 1. The first-order chi connectivity index (χ1) is 22.1. The van der Waals surface area contributed by atoms with Crippen molar-refractivity contribution >= 4 is 46.0 Å². The summed E-state index contributed by atoms with van der Waals surface area (Å²) in [5.74, 6) is -0.402. The van der Waals surface area contributed by atoms with Crippen LogP contribution in [0.5, 0.6) is 0 Å². The van der Waals surface area contributed by atoms with Crippen LogP contribution in [0.2, 0.25) is 0 Å². The number of Topliss-reactive ketones (excluding diaryl/α,β-unsaturated/α-hetero) is 2. The zero-order valence-electron chi connectivity index (χ0n) is 28.4. The van der Waals surface area contributed by atoms with Crippen LogP contribution in [0.4, 0.5) is 17.1 Å². The third kappa shape index (κ3) is 5.18. The van der Waals surface area contributed by atoms with Crippen molar-refractivity contribution in [2.45, 2.75) is 71.6 Å². The third-order valence-electron chi connectivity index (χ3n) is 9.62. The van der Waals surface area contributed by atoms with E-state index in [0.717, 1.165) is 32.5 Å². The van der Waals surface area contributed by atoms with Gasteiger partial charge in [-0.2, -0.15) is 0 Å². The molecule has 4 nitrogen and oxygen atoms in total. The molecule has 0 saturated carbocycles. The quantitative estimate of drug-likeness (QED) is 0.145. The van der Waals surface area contributed by atoms with Gasteiger partial charge in [0.2, 0.25) is 0 Å². The van der Waals surface area contributed by atoms with E-state index >= 15 is 0 Å². The first kappa shape index (κ1) is 31.0. The van der Waals surface area contributed by atoms with Gasteiger partial charge in [-0.05, 0) is 75.6 Å². The lowest BCUT2D eigenvalue weighted by atomic mass is 9.83. The highest BCUT2D eigenvalue weighted by Gasteiger charge is 2.40. The Morgan fingerprint density at radius 1 is 0.681 bits per heavy atom. The first-order valence-electron chi connectivity index (χ1n) is 16.2. The van der Waals surface area contributed by atoms with E-state index in [0.29, 0.717) is 11.1 Å². The zero-order valence-corrected chi connectivity index (χ0v) is 29.2.